The number of hydrogen-bond donors (Lipinski definition) is 3. The number of aromatic nitrogens is 6. The summed E-state index contributed by atoms with van der Waals surface area (Å²) in [5.41, 5.74) is 3.06. The van der Waals surface area contributed by atoms with Gasteiger partial charge >= 0.3 is 0 Å². The first-order valence-corrected chi connectivity index (χ1v) is 10.2. The van der Waals surface area contributed by atoms with Crippen molar-refractivity contribution in [2.75, 3.05) is 5.32 Å². The van der Waals surface area contributed by atoms with Gasteiger partial charge in [-0.1, -0.05) is 12.6 Å². The highest BCUT2D eigenvalue weighted by Gasteiger charge is 2.33. The lowest BCUT2D eigenvalue weighted by Crippen LogP contribution is -2.48. The molecule has 0 bridgehead atoms. The maximum absolute atomic E-state index is 11.5. The molecule has 1 fully saturated rings. The molecule has 4 aromatic rings. The summed E-state index contributed by atoms with van der Waals surface area (Å²) in [6.07, 6.45) is 9.72. The van der Waals surface area contributed by atoms with Gasteiger partial charge in [0.05, 0.1) is 23.0 Å². The van der Waals surface area contributed by atoms with Crippen LogP contribution in [0.2, 0.25) is 0 Å². The minimum Gasteiger partial charge on any atom is -0.474 e. The largest absolute Gasteiger partial charge is 0.474 e. The Morgan fingerprint density at radius 3 is 2.94 bits per heavy atom. The first kappa shape index (κ1) is 19.7. The second kappa shape index (κ2) is 8.14. The maximum atomic E-state index is 11.5. The van der Waals surface area contributed by atoms with E-state index in [1.165, 1.54) is 6.08 Å². The standard InChI is InChI=1S/C22H22N8O2/c1-3-18(31)26-13-8-15(9-13)32-21-19-16(17-6-4-5-7-23-17)11-24-20(19)28-22(29-21)27-14-10-25-30(2)12-14/h3-7,10-13,15H,1,8-9H2,2H3,(H,26,31)(H2,24,27,28,29)/t13-,15-. The number of carbonyl (C=O) groups excluding carboxylic acids is 1. The van der Waals surface area contributed by atoms with Crippen LogP contribution in [0, 0.1) is 0 Å². The second-order valence-corrected chi connectivity index (χ2v) is 7.64. The van der Waals surface area contributed by atoms with Gasteiger partial charge < -0.3 is 20.4 Å². The number of aryl methyl sites for hydroxylation is 1. The van der Waals surface area contributed by atoms with Crippen LogP contribution < -0.4 is 15.4 Å². The Kier molecular flexibility index (Phi) is 5.02. The van der Waals surface area contributed by atoms with Crippen molar-refractivity contribution >= 4 is 28.6 Å². The molecule has 4 heterocycles. The van der Waals surface area contributed by atoms with E-state index in [2.05, 4.69) is 42.2 Å². The van der Waals surface area contributed by atoms with Gasteiger partial charge in [0.25, 0.3) is 0 Å². The summed E-state index contributed by atoms with van der Waals surface area (Å²) in [5, 5.41) is 11.0. The third-order valence-electron chi connectivity index (χ3n) is 5.31. The Bertz CT molecular complexity index is 1270. The molecule has 0 spiro atoms. The van der Waals surface area contributed by atoms with E-state index in [1.807, 2.05) is 37.6 Å². The molecule has 3 N–H and O–H groups in total. The summed E-state index contributed by atoms with van der Waals surface area (Å²) < 4.78 is 7.97. The van der Waals surface area contributed by atoms with Gasteiger partial charge in [0.1, 0.15) is 11.8 Å². The average Bonchev–Trinajstić information content (AvgIpc) is 3.38. The number of pyridine rings is 1. The highest BCUT2D eigenvalue weighted by Crippen LogP contribution is 2.36. The van der Waals surface area contributed by atoms with Gasteiger partial charge in [-0.25, -0.2) is 0 Å². The smallest absolute Gasteiger partial charge is 0.243 e. The zero-order chi connectivity index (χ0) is 22.1. The highest BCUT2D eigenvalue weighted by molar-refractivity contribution is 5.97. The van der Waals surface area contributed by atoms with Gasteiger partial charge in [0, 0.05) is 50.1 Å². The van der Waals surface area contributed by atoms with Crippen molar-refractivity contribution in [2.45, 2.75) is 25.0 Å². The predicted molar refractivity (Wildman–Crippen MR) is 119 cm³/mol. The van der Waals surface area contributed by atoms with E-state index < -0.39 is 0 Å². The normalized spacial score (nSPS) is 17.5. The van der Waals surface area contributed by atoms with Gasteiger partial charge in [0.2, 0.25) is 17.7 Å². The number of hydrogen-bond acceptors (Lipinski definition) is 7. The molecule has 162 valence electrons. The fourth-order valence-corrected chi connectivity index (χ4v) is 3.68. The molecule has 5 rings (SSSR count). The number of ether oxygens (including phenoxy) is 1. The van der Waals surface area contributed by atoms with Crippen molar-refractivity contribution in [3.63, 3.8) is 0 Å². The number of fused-ring (bicyclic) bond motifs is 1. The van der Waals surface area contributed by atoms with E-state index in [9.17, 15) is 4.79 Å². The Hall–Kier alpha value is -4.21. The van der Waals surface area contributed by atoms with Crippen LogP contribution in [-0.4, -0.2) is 47.8 Å². The summed E-state index contributed by atoms with van der Waals surface area (Å²) in [5.74, 6) is 0.677. The van der Waals surface area contributed by atoms with E-state index in [1.54, 1.807) is 17.1 Å². The molecule has 1 saturated carbocycles. The predicted octanol–water partition coefficient (Wildman–Crippen LogP) is 2.71. The molecule has 0 radical (unpaired) electrons. The van der Waals surface area contributed by atoms with Gasteiger partial charge in [-0.05, 0) is 18.2 Å². The highest BCUT2D eigenvalue weighted by atomic mass is 16.5. The van der Waals surface area contributed by atoms with Crippen molar-refractivity contribution in [2.24, 2.45) is 7.05 Å². The second-order valence-electron chi connectivity index (χ2n) is 7.64. The number of carbonyl (C=O) groups is 1. The molecule has 0 aromatic carbocycles. The Labute approximate surface area is 183 Å². The van der Waals surface area contributed by atoms with Crippen molar-refractivity contribution < 1.29 is 9.53 Å². The summed E-state index contributed by atoms with van der Waals surface area (Å²) in [4.78, 5) is 28.5. The topological polar surface area (TPSA) is 123 Å². The maximum Gasteiger partial charge on any atom is 0.243 e. The minimum atomic E-state index is -0.177. The average molecular weight is 430 g/mol. The molecule has 0 unspecified atom stereocenters. The lowest BCUT2D eigenvalue weighted by Gasteiger charge is -2.35. The molecule has 0 saturated heterocycles. The fraction of sp³-hybridized carbons (Fsp3) is 0.227. The number of amides is 1. The molecule has 0 atom stereocenters. The number of aromatic amines is 1. The van der Waals surface area contributed by atoms with Crippen LogP contribution in [0.15, 0.2) is 55.6 Å². The summed E-state index contributed by atoms with van der Waals surface area (Å²) in [6, 6.07) is 5.80. The quantitative estimate of drug-likeness (QED) is 0.385. The van der Waals surface area contributed by atoms with Crippen LogP contribution in [0.1, 0.15) is 12.8 Å². The molecular formula is C22H22N8O2. The van der Waals surface area contributed by atoms with Crippen LogP contribution in [-0.2, 0) is 11.8 Å². The monoisotopic (exact) mass is 430 g/mol. The third kappa shape index (κ3) is 3.89. The number of nitrogens with one attached hydrogen (secondary N) is 3. The first-order valence-electron chi connectivity index (χ1n) is 10.2. The molecule has 10 heteroatoms. The SMILES string of the molecule is C=CC(=O)N[C@H]1C[C@H](Oc2nc(Nc3cnn(C)c3)nc3[nH]cc(-c4ccccn4)c23)C1. The first-order chi connectivity index (χ1) is 15.6. The Morgan fingerprint density at radius 1 is 1.34 bits per heavy atom. The van der Waals surface area contributed by atoms with Crippen molar-refractivity contribution in [3.05, 3.63) is 55.6 Å². The van der Waals surface area contributed by atoms with E-state index >= 15 is 0 Å². The molecular weight excluding hydrogens is 408 g/mol. The van der Waals surface area contributed by atoms with Gasteiger partial charge in [0.15, 0.2) is 0 Å². The lowest BCUT2D eigenvalue weighted by atomic mass is 9.89. The van der Waals surface area contributed by atoms with Gasteiger partial charge in [-0.2, -0.15) is 15.1 Å². The lowest BCUT2D eigenvalue weighted by molar-refractivity contribution is -0.118. The Morgan fingerprint density at radius 2 is 2.22 bits per heavy atom. The van der Waals surface area contributed by atoms with Crippen molar-refractivity contribution in [1.82, 2.24) is 35.0 Å². The van der Waals surface area contributed by atoms with Gasteiger partial charge in [-0.3, -0.25) is 14.5 Å². The van der Waals surface area contributed by atoms with Crippen LogP contribution in [0.4, 0.5) is 11.6 Å². The number of H-pyrrole nitrogens is 1. The minimum absolute atomic E-state index is 0.0669. The van der Waals surface area contributed by atoms with E-state index in [0.717, 1.165) is 22.3 Å². The van der Waals surface area contributed by atoms with Crippen LogP contribution in [0.3, 0.4) is 0 Å². The molecule has 0 aliphatic heterocycles. The fourth-order valence-electron chi connectivity index (χ4n) is 3.68. The molecule has 10 nitrogen and oxygen atoms in total. The van der Waals surface area contributed by atoms with Crippen molar-refractivity contribution in [3.8, 4) is 17.1 Å². The van der Waals surface area contributed by atoms with E-state index in [0.29, 0.717) is 30.3 Å². The molecule has 32 heavy (non-hydrogen) atoms. The number of nitrogens with zero attached hydrogens (tertiary/aromatic N) is 5. The molecule has 1 amide bonds. The van der Waals surface area contributed by atoms with Gasteiger partial charge in [-0.15, -0.1) is 0 Å². The van der Waals surface area contributed by atoms with Crippen LogP contribution in [0.25, 0.3) is 22.3 Å². The number of rotatable bonds is 7. The molecule has 1 aliphatic carbocycles. The summed E-state index contributed by atoms with van der Waals surface area (Å²) in [6.45, 7) is 3.49. The van der Waals surface area contributed by atoms with Crippen molar-refractivity contribution in [1.29, 1.82) is 0 Å². The van der Waals surface area contributed by atoms with E-state index in [4.69, 9.17) is 4.74 Å². The third-order valence-corrected chi connectivity index (χ3v) is 5.31. The Balaban J connectivity index is 1.47. The van der Waals surface area contributed by atoms with Crippen LogP contribution >= 0.6 is 0 Å². The van der Waals surface area contributed by atoms with Crippen LogP contribution in [0.5, 0.6) is 5.88 Å². The molecule has 4 aromatic heterocycles. The zero-order valence-electron chi connectivity index (χ0n) is 17.4. The molecule has 1 aliphatic rings. The summed E-state index contributed by atoms with van der Waals surface area (Å²) >= 11 is 0. The zero-order valence-corrected chi connectivity index (χ0v) is 17.4. The summed E-state index contributed by atoms with van der Waals surface area (Å²) in [7, 11) is 1.84. The van der Waals surface area contributed by atoms with E-state index in [-0.39, 0.29) is 18.1 Å². The number of anilines is 2.